The number of hydrogen-bond donors (Lipinski definition) is 15. The third-order valence-corrected chi connectivity index (χ3v) is 12.2. The van der Waals surface area contributed by atoms with Crippen LogP contribution in [0.5, 0.6) is 0 Å². The predicted molar refractivity (Wildman–Crippen MR) is 276 cm³/mol. The Balaban J connectivity index is 1.36. The summed E-state index contributed by atoms with van der Waals surface area (Å²) in [5, 5.41) is 21.2. The zero-order valence-corrected chi connectivity index (χ0v) is 41.9. The zero-order chi connectivity index (χ0) is 53.9. The van der Waals surface area contributed by atoms with Crippen molar-refractivity contribution in [3.63, 3.8) is 0 Å². The molecule has 0 spiro atoms. The Kier molecular flexibility index (Phi) is 21.2. The zero-order valence-electron chi connectivity index (χ0n) is 40.1. The summed E-state index contributed by atoms with van der Waals surface area (Å²) >= 11 is 8.27. The van der Waals surface area contributed by atoms with Crippen LogP contribution in [0.3, 0.4) is 0 Å². The van der Waals surface area contributed by atoms with E-state index in [0.29, 0.717) is 21.7 Å². The molecule has 0 bridgehead atoms. The summed E-state index contributed by atoms with van der Waals surface area (Å²) in [7, 11) is 0. The van der Waals surface area contributed by atoms with Crippen molar-refractivity contribution in [2.75, 3.05) is 31.1 Å². The molecule has 28 heteroatoms. The molecule has 1 fully saturated rings. The van der Waals surface area contributed by atoms with Gasteiger partial charge in [0.1, 0.15) is 48.8 Å². The number of H-pyrrole nitrogens is 2. The van der Waals surface area contributed by atoms with Crippen LogP contribution in [0.25, 0.3) is 10.9 Å². The maximum absolute atomic E-state index is 14.6. The summed E-state index contributed by atoms with van der Waals surface area (Å²) in [6.07, 6.45) is 4.15. The molecule has 0 aliphatic carbocycles. The van der Waals surface area contributed by atoms with Gasteiger partial charge in [-0.15, -0.1) is 0 Å². The number of benzene rings is 2. The first kappa shape index (κ1) is 56.8. The first-order chi connectivity index (χ1) is 35.4. The van der Waals surface area contributed by atoms with Gasteiger partial charge in [0.2, 0.25) is 47.3 Å². The molecule has 2 aromatic heterocycles. The molecule has 1 aliphatic rings. The molecule has 4 aromatic rings. The number of guanidine groups is 1. The number of rotatable bonds is 28. The second-order valence-electron chi connectivity index (χ2n) is 17.0. The number of imidazole rings is 1. The fraction of sp³-hybridized carbons (Fsp3) is 0.391. The van der Waals surface area contributed by atoms with E-state index in [1.807, 2.05) is 18.2 Å². The quantitative estimate of drug-likeness (QED) is 0.00857. The maximum Gasteiger partial charge on any atom is 0.325 e. The number of aromatic amines is 2. The summed E-state index contributed by atoms with van der Waals surface area (Å²) in [5.41, 5.74) is 19.0. The van der Waals surface area contributed by atoms with E-state index in [9.17, 15) is 47.9 Å². The van der Waals surface area contributed by atoms with Gasteiger partial charge < -0.3 is 69.7 Å². The minimum Gasteiger partial charge on any atom is -0.370 e. The Morgan fingerprint density at radius 3 is 1.88 bits per heavy atom. The van der Waals surface area contributed by atoms with Crippen LogP contribution in [0.15, 0.2) is 78.3 Å². The highest BCUT2D eigenvalue weighted by Crippen LogP contribution is 2.20. The Bertz CT molecular complexity index is 2670. The second-order valence-corrected chi connectivity index (χ2v) is 17.8. The lowest BCUT2D eigenvalue weighted by atomic mass is 10.0. The van der Waals surface area contributed by atoms with Crippen molar-refractivity contribution in [2.45, 2.75) is 81.3 Å². The van der Waals surface area contributed by atoms with Crippen molar-refractivity contribution < 1.29 is 47.9 Å². The van der Waals surface area contributed by atoms with Gasteiger partial charge in [-0.05, 0) is 37.0 Å². The number of para-hydroxylation sites is 1. The third kappa shape index (κ3) is 16.7. The normalized spacial score (nSPS) is 14.9. The molecule has 16 N–H and O–H groups in total. The number of carbonyl (C=O) groups excluding carboxylic acids is 10. The number of thiol groups is 2. The molecule has 7 atom stereocenters. The Hall–Kier alpha value is -8.14. The van der Waals surface area contributed by atoms with Gasteiger partial charge >= 0.3 is 6.03 Å². The monoisotopic (exact) mass is 1060 g/mol. The molecule has 2 aromatic carbocycles. The summed E-state index contributed by atoms with van der Waals surface area (Å²) in [5.74, 6) is -7.92. The van der Waals surface area contributed by atoms with Gasteiger partial charge in [0.05, 0.1) is 12.9 Å². The van der Waals surface area contributed by atoms with E-state index < -0.39 is 108 Å². The fourth-order valence-electron chi connectivity index (χ4n) is 7.55. The van der Waals surface area contributed by atoms with Gasteiger partial charge in [0.15, 0.2) is 5.96 Å². The SMILES string of the molecule is C[C@@H](NC(=O)[C@H](CS)NC(=O)CN1C(=O)CNC1=O)C(=O)N[C@@H](Cc1cnc[nH]1)C(=O)N[C@H](Cc1ccccc1)C(=O)N[C@@H](CCCN=C(N)N)C(=O)N[C@@H](Cc1c[nH]c2ccccc12)C(=O)N[C@@H](CS)C(N)=O. The first-order valence-electron chi connectivity index (χ1n) is 23.2. The molecule has 3 heterocycles. The number of urea groups is 1. The van der Waals surface area contributed by atoms with Gasteiger partial charge in [-0.3, -0.25) is 53.0 Å². The molecule has 396 valence electrons. The van der Waals surface area contributed by atoms with Crippen molar-refractivity contribution >= 4 is 101 Å². The Morgan fingerprint density at radius 2 is 1.27 bits per heavy atom. The largest absolute Gasteiger partial charge is 0.370 e. The maximum atomic E-state index is 14.6. The molecule has 11 amide bonds. The molecular weight excluding hydrogens is 1000 g/mol. The van der Waals surface area contributed by atoms with Crippen molar-refractivity contribution in [2.24, 2.45) is 22.2 Å². The minimum atomic E-state index is -1.41. The lowest BCUT2D eigenvalue weighted by Gasteiger charge is -2.27. The lowest BCUT2D eigenvalue weighted by Crippen LogP contribution is -2.60. The van der Waals surface area contributed by atoms with E-state index in [4.69, 9.17) is 17.2 Å². The molecule has 0 unspecified atom stereocenters. The predicted octanol–water partition coefficient (Wildman–Crippen LogP) is -3.72. The van der Waals surface area contributed by atoms with Crippen LogP contribution >= 0.6 is 25.3 Å². The van der Waals surface area contributed by atoms with Crippen LogP contribution in [0.2, 0.25) is 0 Å². The van der Waals surface area contributed by atoms with Gasteiger partial charge in [0.25, 0.3) is 5.91 Å². The van der Waals surface area contributed by atoms with Gasteiger partial charge in [-0.25, -0.2) is 9.78 Å². The lowest BCUT2D eigenvalue weighted by molar-refractivity contribution is -0.135. The van der Waals surface area contributed by atoms with E-state index in [-0.39, 0.29) is 62.7 Å². The van der Waals surface area contributed by atoms with Crippen LogP contribution in [0.1, 0.15) is 36.6 Å². The molecule has 1 saturated heterocycles. The number of imide groups is 1. The number of hydrogen-bond acceptors (Lipinski definition) is 14. The summed E-state index contributed by atoms with van der Waals surface area (Å²) in [6.45, 7) is 0.418. The van der Waals surface area contributed by atoms with Crippen LogP contribution in [-0.2, 0) is 62.4 Å². The number of aliphatic imine (C=N–C) groups is 1. The Morgan fingerprint density at radius 1 is 0.689 bits per heavy atom. The smallest absolute Gasteiger partial charge is 0.325 e. The summed E-state index contributed by atoms with van der Waals surface area (Å²) < 4.78 is 0. The van der Waals surface area contributed by atoms with Crippen molar-refractivity contribution in [3.05, 3.63) is 90.1 Å². The molecular formula is C46H60N16O10S2. The number of carbonyl (C=O) groups is 10. The number of primary amides is 1. The number of aromatic nitrogens is 3. The number of amides is 11. The molecule has 0 saturated carbocycles. The van der Waals surface area contributed by atoms with E-state index in [1.54, 1.807) is 42.6 Å². The average Bonchev–Trinajstić information content (AvgIpc) is 4.13. The molecule has 26 nitrogen and oxygen atoms in total. The Labute approximate surface area is 434 Å². The topological polar surface area (TPSA) is 405 Å². The van der Waals surface area contributed by atoms with Crippen LogP contribution in [0, 0.1) is 0 Å². The van der Waals surface area contributed by atoms with Gasteiger partial charge in [0, 0.05) is 66.3 Å². The van der Waals surface area contributed by atoms with E-state index in [0.717, 1.165) is 10.9 Å². The number of nitrogens with zero attached hydrogens (tertiary/aromatic N) is 3. The molecule has 0 radical (unpaired) electrons. The summed E-state index contributed by atoms with van der Waals surface area (Å²) in [6, 6.07) is 5.76. The molecule has 1 aliphatic heterocycles. The third-order valence-electron chi connectivity index (χ3n) is 11.5. The van der Waals surface area contributed by atoms with E-state index in [2.05, 4.69) is 87.7 Å². The van der Waals surface area contributed by atoms with Crippen molar-refractivity contribution in [3.8, 4) is 0 Å². The van der Waals surface area contributed by atoms with Gasteiger partial charge in [-0.1, -0.05) is 48.5 Å². The summed E-state index contributed by atoms with van der Waals surface area (Å²) in [4.78, 5) is 148. The second kappa shape index (κ2) is 27.6. The first-order valence-corrected chi connectivity index (χ1v) is 24.5. The van der Waals surface area contributed by atoms with E-state index in [1.165, 1.54) is 19.4 Å². The van der Waals surface area contributed by atoms with E-state index >= 15 is 0 Å². The standard InChI is InChI=1S/C46H60N16O10S2/c1-24(55-44(71)35(22-74)56-36(63)20-62-37(64)19-53-46(62)72)39(66)58-33(16-27-18-50-23-54-27)43(70)59-31(14-25-8-3-2-4-9-25)41(68)57-30(12-7-13-51-45(48)49)40(67)60-32(42(69)61-34(21-73)38(47)65)15-26-17-52-29-11-6-5-10-28(26)29/h2-6,8-11,17-18,23-24,30-35,52,73-74H,7,12-16,19-22H2,1H3,(H2,47,65)(H,50,54)(H,53,72)(H,55,71)(H,56,63)(H,57,68)(H,58,66)(H,59,70)(H,60,67)(H,61,69)(H4,48,49,51)/t24-,30+,31-,32+,33+,34+,35+/m1/s1. The van der Waals surface area contributed by atoms with Gasteiger partial charge in [-0.2, -0.15) is 25.3 Å². The van der Waals surface area contributed by atoms with Crippen molar-refractivity contribution in [1.29, 1.82) is 0 Å². The molecule has 74 heavy (non-hydrogen) atoms. The highest BCUT2D eigenvalue weighted by Gasteiger charge is 2.35. The van der Waals surface area contributed by atoms with Crippen LogP contribution in [-0.4, -0.2) is 158 Å². The number of nitrogens with two attached hydrogens (primary N) is 3. The van der Waals surface area contributed by atoms with Crippen molar-refractivity contribution in [1.82, 2.24) is 62.4 Å². The minimum absolute atomic E-state index is 0.0480. The number of nitrogens with one attached hydrogen (secondary N) is 10. The highest BCUT2D eigenvalue weighted by molar-refractivity contribution is 7.80. The molecule has 5 rings (SSSR count). The highest BCUT2D eigenvalue weighted by atomic mass is 32.1. The average molecular weight is 1060 g/mol. The van der Waals surface area contributed by atoms with Crippen LogP contribution in [0.4, 0.5) is 4.79 Å². The number of fused-ring (bicyclic) bond motifs is 1. The fourth-order valence-corrected chi connectivity index (χ4v) is 8.08. The van der Waals surface area contributed by atoms with Crippen LogP contribution < -0.4 is 59.7 Å².